The molecule has 1 N–H and O–H groups in total. The fourth-order valence-corrected chi connectivity index (χ4v) is 5.33. The third-order valence-electron chi connectivity index (χ3n) is 7.38. The molecule has 4 rings (SSSR count). The third-order valence-corrected chi connectivity index (χ3v) is 7.38. The number of hydrogen-bond acceptors (Lipinski definition) is 6. The molecule has 2 amide bonds. The van der Waals surface area contributed by atoms with Crippen LogP contribution in [0.4, 0.5) is 16.3 Å². The number of aryl methyl sites for hydroxylation is 1. The smallest absolute Gasteiger partial charge is 0.410 e. The Hall–Kier alpha value is -3.16. The number of rotatable bonds is 3. The van der Waals surface area contributed by atoms with Crippen LogP contribution in [-0.4, -0.2) is 51.6 Å². The average molecular weight is 494 g/mol. The summed E-state index contributed by atoms with van der Waals surface area (Å²) >= 11 is 0. The number of nitrogens with zero attached hydrogens (tertiary/aromatic N) is 4. The third kappa shape index (κ3) is 5.47. The molecule has 3 atom stereocenters. The molecule has 2 aromatic rings. The van der Waals surface area contributed by atoms with E-state index in [0.29, 0.717) is 19.0 Å². The van der Waals surface area contributed by atoms with Gasteiger partial charge < -0.3 is 19.9 Å². The molecule has 194 valence electrons. The largest absolute Gasteiger partial charge is 0.444 e. The van der Waals surface area contributed by atoms with Crippen LogP contribution in [0, 0.1) is 12.8 Å². The van der Waals surface area contributed by atoms with Crippen LogP contribution < -0.4 is 10.2 Å². The van der Waals surface area contributed by atoms with Crippen LogP contribution in [0.2, 0.25) is 0 Å². The first-order valence-corrected chi connectivity index (χ1v) is 12.9. The Bertz CT molecular complexity index is 1100. The van der Waals surface area contributed by atoms with Crippen molar-refractivity contribution in [1.29, 1.82) is 0 Å². The van der Waals surface area contributed by atoms with E-state index in [2.05, 4.69) is 47.3 Å². The van der Waals surface area contributed by atoms with Crippen molar-refractivity contribution in [1.82, 2.24) is 14.9 Å². The lowest BCUT2D eigenvalue weighted by Crippen LogP contribution is -2.48. The van der Waals surface area contributed by atoms with Crippen molar-refractivity contribution in [2.24, 2.45) is 5.92 Å². The summed E-state index contributed by atoms with van der Waals surface area (Å²) in [5.74, 6) is 1.27. The first-order valence-electron chi connectivity index (χ1n) is 12.9. The van der Waals surface area contributed by atoms with E-state index in [4.69, 9.17) is 4.74 Å². The zero-order chi connectivity index (χ0) is 26.2. The summed E-state index contributed by atoms with van der Waals surface area (Å²) in [6, 6.07) is 6.51. The molecule has 8 nitrogen and oxygen atoms in total. The van der Waals surface area contributed by atoms with Gasteiger partial charge in [0.1, 0.15) is 11.4 Å². The van der Waals surface area contributed by atoms with Gasteiger partial charge in [0.25, 0.3) is 0 Å². The summed E-state index contributed by atoms with van der Waals surface area (Å²) in [5, 5.41) is 3.60. The maximum absolute atomic E-state index is 12.6. The highest BCUT2D eigenvalue weighted by molar-refractivity contribution is 5.94. The number of anilines is 2. The number of hydrogen-bond donors (Lipinski definition) is 1. The van der Waals surface area contributed by atoms with Gasteiger partial charge in [0.05, 0.1) is 24.1 Å². The van der Waals surface area contributed by atoms with Crippen LogP contribution in [-0.2, 0) is 9.53 Å². The minimum atomic E-state index is -0.493. The molecular weight excluding hydrogens is 454 g/mol. The first kappa shape index (κ1) is 25.9. The van der Waals surface area contributed by atoms with Gasteiger partial charge in [0.2, 0.25) is 5.91 Å². The summed E-state index contributed by atoms with van der Waals surface area (Å²) in [4.78, 5) is 37.8. The van der Waals surface area contributed by atoms with Crippen molar-refractivity contribution in [3.63, 3.8) is 0 Å². The predicted octanol–water partition coefficient (Wildman–Crippen LogP) is 5.44. The van der Waals surface area contributed by atoms with Crippen LogP contribution in [0.3, 0.4) is 0 Å². The SMILES string of the molecule is CC(=O)N1c2ccc(C3CCN(C(=O)OC(C)(C)C)CC3)cc2C(Nc2cnc(C)cn2)[C@@H](C)[C@@H]1C. The summed E-state index contributed by atoms with van der Waals surface area (Å²) < 4.78 is 5.56. The molecular formula is C28H39N5O3. The number of piperidine rings is 1. The number of benzene rings is 1. The molecule has 0 saturated carbocycles. The number of carbonyl (C=O) groups is 2. The Morgan fingerprint density at radius 3 is 2.36 bits per heavy atom. The zero-order valence-electron chi connectivity index (χ0n) is 22.5. The Morgan fingerprint density at radius 1 is 1.08 bits per heavy atom. The number of carbonyl (C=O) groups excluding carboxylic acids is 2. The lowest BCUT2D eigenvalue weighted by Gasteiger charge is -2.44. The van der Waals surface area contributed by atoms with Crippen molar-refractivity contribution in [3.8, 4) is 0 Å². The van der Waals surface area contributed by atoms with Crippen molar-refractivity contribution in [2.75, 3.05) is 23.3 Å². The number of aromatic nitrogens is 2. The van der Waals surface area contributed by atoms with Crippen LogP contribution >= 0.6 is 0 Å². The topological polar surface area (TPSA) is 87.7 Å². The van der Waals surface area contributed by atoms with E-state index in [1.165, 1.54) is 5.56 Å². The lowest BCUT2D eigenvalue weighted by molar-refractivity contribution is -0.117. The Morgan fingerprint density at radius 2 is 1.78 bits per heavy atom. The molecule has 0 radical (unpaired) electrons. The van der Waals surface area contributed by atoms with E-state index in [-0.39, 0.29) is 30.0 Å². The molecule has 0 bridgehead atoms. The average Bonchev–Trinajstić information content (AvgIpc) is 2.82. The van der Waals surface area contributed by atoms with Gasteiger partial charge in [-0.25, -0.2) is 9.78 Å². The van der Waals surface area contributed by atoms with Crippen molar-refractivity contribution in [3.05, 3.63) is 47.4 Å². The summed E-state index contributed by atoms with van der Waals surface area (Å²) in [6.07, 6.45) is 5.04. The zero-order valence-corrected chi connectivity index (χ0v) is 22.5. The van der Waals surface area contributed by atoms with E-state index in [1.54, 1.807) is 19.3 Å². The second-order valence-electron chi connectivity index (χ2n) is 11.2. The van der Waals surface area contributed by atoms with Gasteiger partial charge in [-0.05, 0) is 70.6 Å². The van der Waals surface area contributed by atoms with E-state index in [0.717, 1.165) is 35.6 Å². The molecule has 8 heteroatoms. The van der Waals surface area contributed by atoms with Crippen molar-refractivity contribution < 1.29 is 14.3 Å². The number of nitrogens with one attached hydrogen (secondary N) is 1. The maximum atomic E-state index is 12.6. The van der Waals surface area contributed by atoms with Crippen molar-refractivity contribution >= 4 is 23.5 Å². The summed E-state index contributed by atoms with van der Waals surface area (Å²) in [7, 11) is 0. The van der Waals surface area contributed by atoms with Crippen LogP contribution in [0.5, 0.6) is 0 Å². The van der Waals surface area contributed by atoms with E-state index >= 15 is 0 Å². The molecule has 1 saturated heterocycles. The molecule has 2 aliphatic heterocycles. The van der Waals surface area contributed by atoms with Gasteiger partial charge >= 0.3 is 6.09 Å². The standard InChI is InChI=1S/C28H39N5O3/c1-17-15-30-25(16-29-17)31-26-18(2)19(3)33(20(4)34)24-9-8-22(14-23(24)26)21-10-12-32(13-11-21)27(35)36-28(5,6)7/h8-9,14-16,18-19,21,26H,10-13H2,1-7H3,(H,30,31)/t18-,19-,26?/m0/s1. The molecule has 0 spiro atoms. The predicted molar refractivity (Wildman–Crippen MR) is 141 cm³/mol. The second kappa shape index (κ2) is 10.1. The second-order valence-corrected chi connectivity index (χ2v) is 11.2. The molecule has 1 aromatic heterocycles. The monoisotopic (exact) mass is 493 g/mol. The van der Waals surface area contributed by atoms with E-state index in [9.17, 15) is 9.59 Å². The Labute approximate surface area is 214 Å². The molecule has 2 aliphatic rings. The highest BCUT2D eigenvalue weighted by Gasteiger charge is 2.39. The molecule has 0 aliphatic carbocycles. The maximum Gasteiger partial charge on any atom is 0.410 e. The van der Waals surface area contributed by atoms with Gasteiger partial charge in [-0.2, -0.15) is 0 Å². The summed E-state index contributed by atoms with van der Waals surface area (Å²) in [6.45, 7) is 14.8. The van der Waals surface area contributed by atoms with E-state index in [1.807, 2.05) is 37.5 Å². The quantitative estimate of drug-likeness (QED) is 0.612. The molecule has 1 unspecified atom stereocenters. The van der Waals surface area contributed by atoms with Gasteiger partial charge in [-0.1, -0.05) is 19.1 Å². The fraction of sp³-hybridized carbons (Fsp3) is 0.571. The lowest BCUT2D eigenvalue weighted by atomic mass is 9.80. The highest BCUT2D eigenvalue weighted by Crippen LogP contribution is 2.44. The minimum Gasteiger partial charge on any atom is -0.444 e. The minimum absolute atomic E-state index is 0.00981. The molecule has 1 aromatic carbocycles. The number of fused-ring (bicyclic) bond motifs is 1. The van der Waals surface area contributed by atoms with Gasteiger partial charge in [0.15, 0.2) is 0 Å². The fourth-order valence-electron chi connectivity index (χ4n) is 5.33. The molecule has 3 heterocycles. The van der Waals surface area contributed by atoms with Gasteiger partial charge in [0, 0.05) is 37.7 Å². The van der Waals surface area contributed by atoms with Crippen LogP contribution in [0.15, 0.2) is 30.6 Å². The highest BCUT2D eigenvalue weighted by atomic mass is 16.6. The normalized spacial score (nSPS) is 22.7. The van der Waals surface area contributed by atoms with Crippen LogP contribution in [0.1, 0.15) is 83.2 Å². The molecule has 1 fully saturated rings. The summed E-state index contributed by atoms with van der Waals surface area (Å²) in [5.41, 5.74) is 3.66. The Kier molecular flexibility index (Phi) is 7.25. The van der Waals surface area contributed by atoms with Gasteiger partial charge in [-0.3, -0.25) is 9.78 Å². The number of ether oxygens (including phenoxy) is 1. The molecule has 36 heavy (non-hydrogen) atoms. The number of likely N-dealkylation sites (tertiary alicyclic amines) is 1. The first-order chi connectivity index (χ1) is 16.9. The van der Waals surface area contributed by atoms with Crippen LogP contribution in [0.25, 0.3) is 0 Å². The number of amides is 2. The Balaban J connectivity index is 1.60. The van der Waals surface area contributed by atoms with E-state index < -0.39 is 5.60 Å². The van der Waals surface area contributed by atoms with Gasteiger partial charge in [-0.15, -0.1) is 0 Å². The van der Waals surface area contributed by atoms with Crippen molar-refractivity contribution in [2.45, 2.75) is 84.9 Å².